The fraction of sp³-hybridized carbons (Fsp3) is 0.700. The summed E-state index contributed by atoms with van der Waals surface area (Å²) in [5.41, 5.74) is 0.890. The number of hydrogen-bond acceptors (Lipinski definition) is 4. The predicted molar refractivity (Wildman–Crippen MR) is 109 cm³/mol. The van der Waals surface area contributed by atoms with Crippen molar-refractivity contribution < 1.29 is 28.7 Å². The SMILES string of the molecule is CCCCCC[N+](C)(C)CCOP(=O)(O)CCCCc1ccc(O)c(O)c1. The summed E-state index contributed by atoms with van der Waals surface area (Å²) in [5.74, 6) is -0.280. The van der Waals surface area contributed by atoms with Gasteiger partial charge in [-0.3, -0.25) is 4.57 Å². The van der Waals surface area contributed by atoms with Gasteiger partial charge in [0, 0.05) is 0 Å². The molecular formula is C20H37NO5P+. The molecule has 27 heavy (non-hydrogen) atoms. The van der Waals surface area contributed by atoms with E-state index in [4.69, 9.17) is 4.52 Å². The molecule has 1 unspecified atom stereocenters. The molecule has 0 aliphatic heterocycles. The van der Waals surface area contributed by atoms with Gasteiger partial charge in [-0.1, -0.05) is 25.8 Å². The van der Waals surface area contributed by atoms with Crippen LogP contribution in [0.25, 0.3) is 0 Å². The third-order valence-corrected chi connectivity index (χ3v) is 6.27. The minimum Gasteiger partial charge on any atom is -0.504 e. The van der Waals surface area contributed by atoms with Crippen LogP contribution in [0, 0.1) is 0 Å². The molecule has 7 heteroatoms. The largest absolute Gasteiger partial charge is 0.504 e. The molecule has 0 amide bonds. The molecule has 0 bridgehead atoms. The summed E-state index contributed by atoms with van der Waals surface area (Å²) in [7, 11) is 0.706. The van der Waals surface area contributed by atoms with Crippen LogP contribution in [-0.4, -0.2) is 59.5 Å². The normalized spacial score (nSPS) is 14.2. The average Bonchev–Trinajstić information content (AvgIpc) is 2.58. The van der Waals surface area contributed by atoms with E-state index in [0.717, 1.165) is 29.6 Å². The van der Waals surface area contributed by atoms with E-state index in [1.165, 1.54) is 37.8 Å². The number of aromatic hydroxyl groups is 2. The summed E-state index contributed by atoms with van der Waals surface area (Å²) < 4.78 is 18.3. The van der Waals surface area contributed by atoms with Crippen molar-refractivity contribution in [2.75, 3.05) is 40.0 Å². The highest BCUT2D eigenvalue weighted by Gasteiger charge is 2.21. The van der Waals surface area contributed by atoms with Gasteiger partial charge in [0.05, 0.1) is 26.8 Å². The number of quaternary nitrogens is 1. The van der Waals surface area contributed by atoms with Crippen LogP contribution in [0.5, 0.6) is 11.5 Å². The van der Waals surface area contributed by atoms with E-state index < -0.39 is 7.60 Å². The molecule has 0 aliphatic rings. The maximum atomic E-state index is 12.2. The highest BCUT2D eigenvalue weighted by Crippen LogP contribution is 2.42. The fourth-order valence-electron chi connectivity index (χ4n) is 2.94. The Hall–Kier alpha value is -1.07. The van der Waals surface area contributed by atoms with E-state index in [1.807, 2.05) is 0 Å². The van der Waals surface area contributed by atoms with Gasteiger partial charge in [-0.05, 0) is 49.8 Å². The number of hydrogen-bond donors (Lipinski definition) is 3. The van der Waals surface area contributed by atoms with Crippen LogP contribution in [0.1, 0.15) is 51.0 Å². The van der Waals surface area contributed by atoms with E-state index in [0.29, 0.717) is 19.4 Å². The fourth-order valence-corrected chi connectivity index (χ4v) is 4.06. The Labute approximate surface area is 163 Å². The van der Waals surface area contributed by atoms with Crippen molar-refractivity contribution in [2.24, 2.45) is 0 Å². The lowest BCUT2D eigenvalue weighted by atomic mass is 10.1. The monoisotopic (exact) mass is 402 g/mol. The van der Waals surface area contributed by atoms with Crippen molar-refractivity contribution in [1.82, 2.24) is 0 Å². The average molecular weight is 402 g/mol. The topological polar surface area (TPSA) is 87.0 Å². The number of phenolic OH excluding ortho intramolecular Hbond substituents is 2. The molecule has 1 atom stereocenters. The van der Waals surface area contributed by atoms with Crippen LogP contribution in [0.4, 0.5) is 0 Å². The van der Waals surface area contributed by atoms with Gasteiger partial charge < -0.3 is 24.1 Å². The molecule has 1 aromatic carbocycles. The number of unbranched alkanes of at least 4 members (excludes halogenated alkanes) is 4. The first-order valence-corrected chi connectivity index (χ1v) is 11.7. The molecule has 0 radical (unpaired) electrons. The zero-order valence-electron chi connectivity index (χ0n) is 17.1. The first kappa shape index (κ1) is 24.0. The van der Waals surface area contributed by atoms with Crippen molar-refractivity contribution in [3.63, 3.8) is 0 Å². The second-order valence-corrected chi connectivity index (χ2v) is 9.90. The van der Waals surface area contributed by atoms with Crippen molar-refractivity contribution in [3.8, 4) is 11.5 Å². The molecule has 156 valence electrons. The van der Waals surface area contributed by atoms with Gasteiger partial charge in [-0.15, -0.1) is 0 Å². The Morgan fingerprint density at radius 2 is 1.74 bits per heavy atom. The Morgan fingerprint density at radius 3 is 2.41 bits per heavy atom. The quantitative estimate of drug-likeness (QED) is 0.187. The van der Waals surface area contributed by atoms with E-state index in [1.54, 1.807) is 6.07 Å². The van der Waals surface area contributed by atoms with Crippen LogP contribution in [0.15, 0.2) is 18.2 Å². The third-order valence-electron chi connectivity index (χ3n) is 4.80. The summed E-state index contributed by atoms with van der Waals surface area (Å²) in [4.78, 5) is 9.99. The summed E-state index contributed by atoms with van der Waals surface area (Å²) in [5, 5.41) is 18.8. The number of phenols is 2. The van der Waals surface area contributed by atoms with Crippen LogP contribution in [-0.2, 0) is 15.5 Å². The lowest BCUT2D eigenvalue weighted by molar-refractivity contribution is -0.890. The van der Waals surface area contributed by atoms with Crippen LogP contribution in [0.3, 0.4) is 0 Å². The molecule has 6 nitrogen and oxygen atoms in total. The van der Waals surface area contributed by atoms with E-state index in [-0.39, 0.29) is 17.7 Å². The Balaban J connectivity index is 2.22. The molecular weight excluding hydrogens is 365 g/mol. The predicted octanol–water partition coefficient (Wildman–Crippen LogP) is 4.28. The number of aryl methyl sites for hydroxylation is 1. The van der Waals surface area contributed by atoms with E-state index >= 15 is 0 Å². The van der Waals surface area contributed by atoms with Crippen LogP contribution >= 0.6 is 7.60 Å². The number of benzene rings is 1. The number of rotatable bonds is 14. The van der Waals surface area contributed by atoms with Crippen molar-refractivity contribution in [2.45, 2.75) is 51.9 Å². The van der Waals surface area contributed by atoms with E-state index in [9.17, 15) is 19.7 Å². The Kier molecular flexibility index (Phi) is 10.4. The molecule has 1 aromatic rings. The highest BCUT2D eigenvalue weighted by atomic mass is 31.2. The van der Waals surface area contributed by atoms with E-state index in [2.05, 4.69) is 21.0 Å². The lowest BCUT2D eigenvalue weighted by Gasteiger charge is -2.30. The number of nitrogens with zero attached hydrogens (tertiary/aromatic N) is 1. The van der Waals surface area contributed by atoms with Crippen molar-refractivity contribution >= 4 is 7.60 Å². The second-order valence-electron chi connectivity index (χ2n) is 7.92. The molecule has 0 spiro atoms. The molecule has 3 N–H and O–H groups in total. The van der Waals surface area contributed by atoms with Crippen LogP contribution < -0.4 is 0 Å². The maximum Gasteiger partial charge on any atom is 0.328 e. The summed E-state index contributed by atoms with van der Waals surface area (Å²) in [6.45, 7) is 4.27. The maximum absolute atomic E-state index is 12.2. The first-order chi connectivity index (χ1) is 12.7. The van der Waals surface area contributed by atoms with Crippen LogP contribution in [0.2, 0.25) is 0 Å². The Morgan fingerprint density at radius 1 is 1.00 bits per heavy atom. The molecule has 0 heterocycles. The van der Waals surface area contributed by atoms with Crippen molar-refractivity contribution in [1.29, 1.82) is 0 Å². The van der Waals surface area contributed by atoms with Gasteiger partial charge in [-0.25, -0.2) is 0 Å². The minimum atomic E-state index is -3.55. The molecule has 0 saturated carbocycles. The smallest absolute Gasteiger partial charge is 0.328 e. The third kappa shape index (κ3) is 10.7. The highest BCUT2D eigenvalue weighted by molar-refractivity contribution is 7.52. The van der Waals surface area contributed by atoms with Gasteiger partial charge in [0.2, 0.25) is 0 Å². The van der Waals surface area contributed by atoms with Crippen molar-refractivity contribution in [3.05, 3.63) is 23.8 Å². The van der Waals surface area contributed by atoms with Gasteiger partial charge in [0.15, 0.2) is 11.5 Å². The lowest BCUT2D eigenvalue weighted by Crippen LogP contribution is -2.42. The Bertz CT molecular complexity index is 606. The molecule has 0 fully saturated rings. The van der Waals surface area contributed by atoms with Gasteiger partial charge in [0.1, 0.15) is 13.2 Å². The summed E-state index contributed by atoms with van der Waals surface area (Å²) in [6, 6.07) is 4.71. The standard InChI is InChI=1S/C20H36NO5P/c1-4-5-6-8-13-21(2,3)14-15-26-27(24,25)16-9-7-10-18-11-12-19(22)20(23)17-18/h11-12,17H,4-10,13-16H2,1-3H3,(H2-,22,23,24,25)/p+1. The van der Waals surface area contributed by atoms with Gasteiger partial charge in [-0.2, -0.15) is 0 Å². The minimum absolute atomic E-state index is 0.140. The molecule has 0 aromatic heterocycles. The van der Waals surface area contributed by atoms with Gasteiger partial charge >= 0.3 is 7.60 Å². The number of likely N-dealkylation sites (N-methyl/N-ethyl adjacent to an activating group) is 1. The molecule has 0 aliphatic carbocycles. The first-order valence-electron chi connectivity index (χ1n) is 9.94. The van der Waals surface area contributed by atoms with Gasteiger partial charge in [0.25, 0.3) is 0 Å². The summed E-state index contributed by atoms with van der Waals surface area (Å²) >= 11 is 0. The zero-order chi connectivity index (χ0) is 20.3. The zero-order valence-corrected chi connectivity index (χ0v) is 18.0. The molecule has 0 saturated heterocycles. The second kappa shape index (κ2) is 11.7. The molecule has 1 rings (SSSR count). The summed E-state index contributed by atoms with van der Waals surface area (Å²) in [6.07, 6.45) is 6.99.